The van der Waals surface area contributed by atoms with Crippen molar-refractivity contribution in [3.8, 4) is 0 Å². The van der Waals surface area contributed by atoms with E-state index in [1.165, 1.54) is 7.11 Å². The highest BCUT2D eigenvalue weighted by Gasteiger charge is 2.20. The number of ether oxygens (including phenoxy) is 3. The molecular weight excluding hydrogens is 450 g/mol. The zero-order valence-electron chi connectivity index (χ0n) is 17.0. The third-order valence-corrected chi connectivity index (χ3v) is 4.59. The van der Waals surface area contributed by atoms with Gasteiger partial charge in [-0.25, -0.2) is 0 Å². The molecule has 0 aromatic rings. The van der Waals surface area contributed by atoms with E-state index in [9.17, 15) is 24.3 Å². The highest BCUT2D eigenvalue weighted by atomic mass is 79.9. The summed E-state index contributed by atoms with van der Waals surface area (Å²) in [6, 6.07) is 0. The number of hydrogen-bond acceptors (Lipinski definition) is 7. The average molecular weight is 482 g/mol. The molecule has 29 heavy (non-hydrogen) atoms. The second kappa shape index (κ2) is 18.7. The molecule has 0 aromatic heterocycles. The van der Waals surface area contributed by atoms with Gasteiger partial charge >= 0.3 is 5.97 Å². The van der Waals surface area contributed by atoms with Crippen LogP contribution in [0.1, 0.15) is 38.5 Å². The molecule has 0 heterocycles. The van der Waals surface area contributed by atoms with Crippen molar-refractivity contribution in [3.05, 3.63) is 0 Å². The normalized spacial score (nSPS) is 11.8. The monoisotopic (exact) mass is 481 g/mol. The van der Waals surface area contributed by atoms with E-state index in [0.717, 1.165) is 12.8 Å². The molecule has 2 N–H and O–H groups in total. The van der Waals surface area contributed by atoms with Crippen LogP contribution in [0, 0.1) is 5.92 Å². The number of amides is 1. The summed E-state index contributed by atoms with van der Waals surface area (Å²) in [5.74, 6) is -2.08. The molecule has 0 spiro atoms. The van der Waals surface area contributed by atoms with Crippen LogP contribution in [0.3, 0.4) is 0 Å². The number of aliphatic carboxylic acids is 1. The number of carboxylic acid groups (broad SMARTS) is 1. The first-order chi connectivity index (χ1) is 13.9. The Kier molecular flexibility index (Phi) is 17.8. The molecule has 0 rings (SSSR count). The molecule has 0 aromatic carbocycles. The third-order valence-electron chi connectivity index (χ3n) is 3.96. The summed E-state index contributed by atoms with van der Waals surface area (Å²) in [5, 5.41) is 12.2. The molecule has 0 aliphatic heterocycles. The molecule has 0 radical (unpaired) electrons. The lowest BCUT2D eigenvalue weighted by Gasteiger charge is -2.12. The third kappa shape index (κ3) is 17.2. The molecule has 0 fully saturated rings. The number of rotatable bonds is 20. The maximum absolute atomic E-state index is 11.9. The lowest BCUT2D eigenvalue weighted by molar-refractivity contribution is -0.144. The molecule has 0 aliphatic rings. The van der Waals surface area contributed by atoms with E-state index in [1.807, 2.05) is 0 Å². The van der Waals surface area contributed by atoms with Gasteiger partial charge in [0, 0.05) is 26.5 Å². The summed E-state index contributed by atoms with van der Waals surface area (Å²) in [6.07, 6.45) is 2.97. The fourth-order valence-electron chi connectivity index (χ4n) is 2.45. The van der Waals surface area contributed by atoms with E-state index in [1.54, 1.807) is 0 Å². The lowest BCUT2D eigenvalue weighted by atomic mass is 9.95. The van der Waals surface area contributed by atoms with Crippen LogP contribution in [0.15, 0.2) is 0 Å². The SMILES string of the molecule is COCC(=O)NCCOCCOCC(=O)C[C@@H](CCCCCC(=O)CBr)C(=O)O. The van der Waals surface area contributed by atoms with Crippen LogP contribution < -0.4 is 5.32 Å². The van der Waals surface area contributed by atoms with Crippen molar-refractivity contribution in [1.82, 2.24) is 5.32 Å². The highest BCUT2D eigenvalue weighted by Crippen LogP contribution is 2.16. The molecular formula is C19H32BrNO8. The Balaban J connectivity index is 3.76. The van der Waals surface area contributed by atoms with Crippen LogP contribution in [-0.4, -0.2) is 80.6 Å². The van der Waals surface area contributed by atoms with Crippen LogP contribution >= 0.6 is 15.9 Å². The fraction of sp³-hybridized carbons (Fsp3) is 0.789. The number of Topliss-reactive ketones (excluding diaryl/α,β-unsaturated/α-hetero) is 2. The Hall–Kier alpha value is -1.36. The van der Waals surface area contributed by atoms with Crippen molar-refractivity contribution in [3.63, 3.8) is 0 Å². The standard InChI is InChI=1S/C19H32BrNO8/c1-27-14-18(24)21-7-8-28-9-10-29-13-17(23)11-15(19(25)26)5-3-2-4-6-16(22)12-20/h15H,2-14H2,1H3,(H,21,24)(H,25,26)/t15-/m1/s1. The minimum absolute atomic E-state index is 0.000618. The molecule has 0 unspecified atom stereocenters. The Morgan fingerprint density at radius 1 is 0.966 bits per heavy atom. The minimum atomic E-state index is -0.992. The number of carbonyl (C=O) groups excluding carboxylic acids is 3. The molecule has 0 bridgehead atoms. The van der Waals surface area contributed by atoms with Gasteiger partial charge in [-0.15, -0.1) is 0 Å². The van der Waals surface area contributed by atoms with Gasteiger partial charge in [0.15, 0.2) is 5.78 Å². The number of hydrogen-bond donors (Lipinski definition) is 2. The molecule has 168 valence electrons. The lowest BCUT2D eigenvalue weighted by Crippen LogP contribution is -2.30. The second-order valence-electron chi connectivity index (χ2n) is 6.50. The Morgan fingerprint density at radius 2 is 1.69 bits per heavy atom. The number of carbonyl (C=O) groups is 4. The molecule has 1 atom stereocenters. The van der Waals surface area contributed by atoms with Gasteiger partial charge < -0.3 is 24.6 Å². The van der Waals surface area contributed by atoms with E-state index in [2.05, 4.69) is 26.0 Å². The zero-order chi connectivity index (χ0) is 21.9. The predicted molar refractivity (Wildman–Crippen MR) is 109 cm³/mol. The first-order valence-corrected chi connectivity index (χ1v) is 10.8. The van der Waals surface area contributed by atoms with Gasteiger partial charge in [-0.2, -0.15) is 0 Å². The molecule has 0 saturated heterocycles. The van der Waals surface area contributed by atoms with E-state index in [-0.39, 0.29) is 50.3 Å². The largest absolute Gasteiger partial charge is 0.481 e. The van der Waals surface area contributed by atoms with E-state index in [4.69, 9.17) is 9.47 Å². The second-order valence-corrected chi connectivity index (χ2v) is 7.06. The molecule has 0 aliphatic carbocycles. The fourth-order valence-corrected chi connectivity index (χ4v) is 2.73. The van der Waals surface area contributed by atoms with E-state index < -0.39 is 11.9 Å². The van der Waals surface area contributed by atoms with Crippen LogP contribution in [0.4, 0.5) is 0 Å². The van der Waals surface area contributed by atoms with E-state index in [0.29, 0.717) is 37.7 Å². The topological polar surface area (TPSA) is 128 Å². The maximum Gasteiger partial charge on any atom is 0.306 e. The number of methoxy groups -OCH3 is 1. The predicted octanol–water partition coefficient (Wildman–Crippen LogP) is 1.36. The van der Waals surface area contributed by atoms with Crippen molar-refractivity contribution in [2.45, 2.75) is 38.5 Å². The van der Waals surface area contributed by atoms with Gasteiger partial charge in [0.25, 0.3) is 0 Å². The van der Waals surface area contributed by atoms with Crippen LogP contribution in [-0.2, 0) is 33.4 Å². The smallest absolute Gasteiger partial charge is 0.306 e. The number of alkyl halides is 1. The van der Waals surface area contributed by atoms with Crippen molar-refractivity contribution >= 4 is 39.4 Å². The highest BCUT2D eigenvalue weighted by molar-refractivity contribution is 9.09. The Bertz CT molecular complexity index is 501. The summed E-state index contributed by atoms with van der Waals surface area (Å²) < 4.78 is 15.1. The maximum atomic E-state index is 11.9. The Labute approximate surface area is 180 Å². The Morgan fingerprint density at radius 3 is 2.34 bits per heavy atom. The van der Waals surface area contributed by atoms with Crippen molar-refractivity contribution in [1.29, 1.82) is 0 Å². The van der Waals surface area contributed by atoms with Gasteiger partial charge in [-0.05, 0) is 12.8 Å². The van der Waals surface area contributed by atoms with Gasteiger partial charge in [-0.1, -0.05) is 28.8 Å². The summed E-state index contributed by atoms with van der Waals surface area (Å²) in [5.41, 5.74) is 0. The molecule has 10 heteroatoms. The first kappa shape index (κ1) is 27.6. The van der Waals surface area contributed by atoms with Crippen molar-refractivity contribution in [2.75, 3.05) is 52.0 Å². The number of halogens is 1. The molecule has 1 amide bonds. The number of unbranched alkanes of at least 4 members (excludes halogenated alkanes) is 2. The van der Waals surface area contributed by atoms with Gasteiger partial charge in [0.05, 0.1) is 31.1 Å². The summed E-state index contributed by atoms with van der Waals surface area (Å²) in [6.45, 7) is 0.984. The number of ketones is 2. The zero-order valence-corrected chi connectivity index (χ0v) is 18.5. The van der Waals surface area contributed by atoms with Crippen LogP contribution in [0.25, 0.3) is 0 Å². The minimum Gasteiger partial charge on any atom is -0.481 e. The summed E-state index contributed by atoms with van der Waals surface area (Å²) in [7, 11) is 1.43. The molecule has 9 nitrogen and oxygen atoms in total. The number of nitrogens with one attached hydrogen (secondary N) is 1. The van der Waals surface area contributed by atoms with Crippen molar-refractivity contribution < 1.29 is 38.5 Å². The van der Waals surface area contributed by atoms with E-state index >= 15 is 0 Å². The average Bonchev–Trinajstić information content (AvgIpc) is 2.68. The summed E-state index contributed by atoms with van der Waals surface area (Å²) in [4.78, 5) is 45.5. The molecule has 0 saturated carbocycles. The summed E-state index contributed by atoms with van der Waals surface area (Å²) >= 11 is 3.10. The van der Waals surface area contributed by atoms with Crippen LogP contribution in [0.2, 0.25) is 0 Å². The number of carboxylic acids is 1. The van der Waals surface area contributed by atoms with Gasteiger partial charge in [0.1, 0.15) is 19.0 Å². The quantitative estimate of drug-likeness (QED) is 0.197. The van der Waals surface area contributed by atoms with Gasteiger partial charge in [-0.3, -0.25) is 19.2 Å². The first-order valence-electron chi connectivity index (χ1n) is 9.64. The van der Waals surface area contributed by atoms with Crippen LogP contribution in [0.5, 0.6) is 0 Å². The van der Waals surface area contributed by atoms with Gasteiger partial charge in [0.2, 0.25) is 5.91 Å². The van der Waals surface area contributed by atoms with Crippen molar-refractivity contribution in [2.24, 2.45) is 5.92 Å².